The predicted octanol–water partition coefficient (Wildman–Crippen LogP) is 1.75. The third-order valence-electron chi connectivity index (χ3n) is 5.58. The zero-order valence-electron chi connectivity index (χ0n) is 13.0. The van der Waals surface area contributed by atoms with E-state index in [0.29, 0.717) is 30.4 Å². The molecule has 0 bridgehead atoms. The molecule has 1 saturated heterocycles. The van der Waals surface area contributed by atoms with Crippen molar-refractivity contribution in [1.82, 2.24) is 0 Å². The number of hydrogen-bond donors (Lipinski definition) is 1. The highest BCUT2D eigenvalue weighted by Crippen LogP contribution is 2.57. The summed E-state index contributed by atoms with van der Waals surface area (Å²) in [4.78, 5) is 23.0. The number of aliphatic hydroxyl groups is 1. The van der Waals surface area contributed by atoms with E-state index in [1.165, 1.54) is 6.92 Å². The molecule has 120 valence electrons. The lowest BCUT2D eigenvalue weighted by Gasteiger charge is -2.52. The lowest BCUT2D eigenvalue weighted by atomic mass is 9.54. The maximum atomic E-state index is 11.7. The van der Waals surface area contributed by atoms with Gasteiger partial charge < -0.3 is 14.6 Å². The Morgan fingerprint density at radius 1 is 1.41 bits per heavy atom. The molecule has 0 aromatic heterocycles. The Bertz CT molecular complexity index is 565. The van der Waals surface area contributed by atoms with Gasteiger partial charge in [0.05, 0.1) is 0 Å². The second kappa shape index (κ2) is 4.95. The molecule has 2 saturated carbocycles. The van der Waals surface area contributed by atoms with Gasteiger partial charge in [0.25, 0.3) is 0 Å². The van der Waals surface area contributed by atoms with Gasteiger partial charge in [0.15, 0.2) is 0 Å². The van der Waals surface area contributed by atoms with Crippen LogP contribution in [-0.2, 0) is 19.1 Å². The average molecular weight is 306 g/mol. The van der Waals surface area contributed by atoms with Gasteiger partial charge in [-0.15, -0.1) is 0 Å². The van der Waals surface area contributed by atoms with Crippen LogP contribution in [0.4, 0.5) is 0 Å². The fourth-order valence-electron chi connectivity index (χ4n) is 4.45. The minimum absolute atomic E-state index is 0.000185. The van der Waals surface area contributed by atoms with Crippen LogP contribution >= 0.6 is 0 Å². The minimum atomic E-state index is -0.857. The smallest absolute Gasteiger partial charge is 0.334 e. The van der Waals surface area contributed by atoms with Crippen molar-refractivity contribution in [2.45, 2.75) is 51.4 Å². The Hall–Kier alpha value is -1.62. The van der Waals surface area contributed by atoms with Crippen LogP contribution in [0, 0.1) is 17.3 Å². The first-order valence-corrected chi connectivity index (χ1v) is 7.66. The standard InChI is InChI=1S/C17H22O5/c1-8-11-5-12-9(2)15(19)14(21-10(3)18)7-17(12,4)6-13(11)22-16(8)20/h11-15,19H,1-2,5-7H2,3-4H3/t11-,12-,13-,14-,15-,17+/m1/s1. The first-order chi connectivity index (χ1) is 10.2. The average Bonchev–Trinajstić information content (AvgIpc) is 2.68. The number of carbonyl (C=O) groups is 2. The molecule has 2 aliphatic carbocycles. The second-order valence-electron chi connectivity index (χ2n) is 7.09. The molecule has 1 aliphatic heterocycles. The predicted molar refractivity (Wildman–Crippen MR) is 78.7 cm³/mol. The van der Waals surface area contributed by atoms with Crippen molar-refractivity contribution in [2.24, 2.45) is 17.3 Å². The van der Waals surface area contributed by atoms with Crippen molar-refractivity contribution in [3.63, 3.8) is 0 Å². The monoisotopic (exact) mass is 306 g/mol. The Kier molecular flexibility index (Phi) is 3.44. The van der Waals surface area contributed by atoms with Gasteiger partial charge in [-0.3, -0.25) is 4.79 Å². The third-order valence-corrected chi connectivity index (χ3v) is 5.58. The summed E-state index contributed by atoms with van der Waals surface area (Å²) in [7, 11) is 0. The molecule has 5 heteroatoms. The fraction of sp³-hybridized carbons (Fsp3) is 0.647. The Balaban J connectivity index is 1.88. The van der Waals surface area contributed by atoms with Crippen LogP contribution in [0.3, 0.4) is 0 Å². The molecule has 0 radical (unpaired) electrons. The quantitative estimate of drug-likeness (QED) is 0.454. The third kappa shape index (κ3) is 2.19. The van der Waals surface area contributed by atoms with Gasteiger partial charge in [-0.05, 0) is 36.2 Å². The molecule has 1 N–H and O–H groups in total. The van der Waals surface area contributed by atoms with Crippen molar-refractivity contribution < 1.29 is 24.2 Å². The van der Waals surface area contributed by atoms with E-state index in [1.807, 2.05) is 0 Å². The number of aliphatic hydroxyl groups excluding tert-OH is 1. The summed E-state index contributed by atoms with van der Waals surface area (Å²) < 4.78 is 10.7. The molecular weight excluding hydrogens is 284 g/mol. The van der Waals surface area contributed by atoms with E-state index in [-0.39, 0.29) is 29.3 Å². The molecule has 0 aromatic carbocycles. The zero-order valence-corrected chi connectivity index (χ0v) is 13.0. The van der Waals surface area contributed by atoms with Crippen molar-refractivity contribution in [1.29, 1.82) is 0 Å². The van der Waals surface area contributed by atoms with Crippen LogP contribution in [0.5, 0.6) is 0 Å². The number of fused-ring (bicyclic) bond motifs is 2. The summed E-state index contributed by atoms with van der Waals surface area (Å²) in [6, 6.07) is 0. The van der Waals surface area contributed by atoms with Crippen LogP contribution in [0.2, 0.25) is 0 Å². The van der Waals surface area contributed by atoms with Crippen molar-refractivity contribution >= 4 is 11.9 Å². The molecule has 0 unspecified atom stereocenters. The highest BCUT2D eigenvalue weighted by Gasteiger charge is 2.56. The Morgan fingerprint density at radius 2 is 2.09 bits per heavy atom. The van der Waals surface area contributed by atoms with Gasteiger partial charge in [-0.25, -0.2) is 4.79 Å². The van der Waals surface area contributed by atoms with Crippen LogP contribution < -0.4 is 0 Å². The SMILES string of the molecule is C=C1C(=O)O[C@@H]2C[C@@]3(C)C[C@@H](OC(C)=O)[C@H](O)C(=C)[C@H]3C[C@H]12. The first kappa shape index (κ1) is 15.3. The molecule has 5 nitrogen and oxygen atoms in total. The summed E-state index contributed by atoms with van der Waals surface area (Å²) in [5.41, 5.74) is 1.00. The van der Waals surface area contributed by atoms with Crippen LogP contribution in [0.15, 0.2) is 24.3 Å². The second-order valence-corrected chi connectivity index (χ2v) is 7.09. The van der Waals surface area contributed by atoms with E-state index in [0.717, 1.165) is 0 Å². The molecule has 0 aromatic rings. The van der Waals surface area contributed by atoms with Crippen molar-refractivity contribution in [3.05, 3.63) is 24.3 Å². The van der Waals surface area contributed by atoms with E-state index in [2.05, 4.69) is 20.1 Å². The van der Waals surface area contributed by atoms with Gasteiger partial charge in [0.1, 0.15) is 18.3 Å². The molecular formula is C17H22O5. The normalized spacial score (nSPS) is 44.1. The number of carbonyl (C=O) groups excluding carboxylic acids is 2. The van der Waals surface area contributed by atoms with Gasteiger partial charge in [-0.1, -0.05) is 20.1 Å². The minimum Gasteiger partial charge on any atom is -0.459 e. The largest absolute Gasteiger partial charge is 0.459 e. The topological polar surface area (TPSA) is 72.8 Å². The number of rotatable bonds is 1. The highest BCUT2D eigenvalue weighted by molar-refractivity contribution is 5.90. The van der Waals surface area contributed by atoms with Gasteiger partial charge >= 0.3 is 11.9 Å². The zero-order chi connectivity index (χ0) is 16.2. The molecule has 22 heavy (non-hydrogen) atoms. The van der Waals surface area contributed by atoms with Crippen LogP contribution in [0.1, 0.15) is 33.1 Å². The number of esters is 2. The summed E-state index contributed by atoms with van der Waals surface area (Å²) in [5.74, 6) is -0.658. The summed E-state index contributed by atoms with van der Waals surface area (Å²) >= 11 is 0. The maximum Gasteiger partial charge on any atom is 0.334 e. The number of ether oxygens (including phenoxy) is 2. The van der Waals surface area contributed by atoms with Crippen LogP contribution in [-0.4, -0.2) is 35.4 Å². The Morgan fingerprint density at radius 3 is 2.73 bits per heavy atom. The summed E-state index contributed by atoms with van der Waals surface area (Å²) in [6.45, 7) is 11.3. The van der Waals surface area contributed by atoms with Crippen LogP contribution in [0.25, 0.3) is 0 Å². The van der Waals surface area contributed by atoms with E-state index < -0.39 is 18.2 Å². The molecule has 3 rings (SSSR count). The van der Waals surface area contributed by atoms with Gasteiger partial charge in [0.2, 0.25) is 0 Å². The van der Waals surface area contributed by atoms with E-state index in [9.17, 15) is 14.7 Å². The molecule has 1 heterocycles. The highest BCUT2D eigenvalue weighted by atomic mass is 16.6. The summed E-state index contributed by atoms with van der Waals surface area (Å²) in [6.07, 6.45) is 0.325. The molecule has 0 spiro atoms. The van der Waals surface area contributed by atoms with Crippen molar-refractivity contribution in [2.75, 3.05) is 0 Å². The van der Waals surface area contributed by atoms with E-state index >= 15 is 0 Å². The molecule has 6 atom stereocenters. The Labute approximate surface area is 130 Å². The first-order valence-electron chi connectivity index (χ1n) is 7.66. The fourth-order valence-corrected chi connectivity index (χ4v) is 4.45. The van der Waals surface area contributed by atoms with Gasteiger partial charge in [-0.2, -0.15) is 0 Å². The maximum absolute atomic E-state index is 11.7. The van der Waals surface area contributed by atoms with Gasteiger partial charge in [0, 0.05) is 18.4 Å². The van der Waals surface area contributed by atoms with Crippen molar-refractivity contribution in [3.8, 4) is 0 Å². The molecule has 3 fully saturated rings. The lowest BCUT2D eigenvalue weighted by molar-refractivity contribution is -0.161. The summed E-state index contributed by atoms with van der Waals surface area (Å²) in [5, 5.41) is 10.4. The lowest BCUT2D eigenvalue weighted by Crippen LogP contribution is -2.52. The van der Waals surface area contributed by atoms with E-state index in [4.69, 9.17) is 9.47 Å². The molecule has 0 amide bonds. The molecule has 3 aliphatic rings. The van der Waals surface area contributed by atoms with E-state index in [1.54, 1.807) is 0 Å². The number of hydrogen-bond acceptors (Lipinski definition) is 5.